The Hall–Kier alpha value is -0.820. The zero-order valence-electron chi connectivity index (χ0n) is 16.3. The smallest absolute Gasteiger partial charge is 0.0626 e. The van der Waals surface area contributed by atoms with Gasteiger partial charge in [-0.3, -0.25) is 0 Å². The summed E-state index contributed by atoms with van der Waals surface area (Å²) in [6.07, 6.45) is 7.62. The maximum absolute atomic E-state index is 5.78. The van der Waals surface area contributed by atoms with Crippen molar-refractivity contribution in [3.63, 3.8) is 0 Å². The van der Waals surface area contributed by atoms with E-state index in [-0.39, 0.29) is 5.60 Å². The van der Waals surface area contributed by atoms with E-state index in [1.165, 1.54) is 49.7 Å². The standard InChI is InChI=1S/C22H38O/c1-7-23-22(5,6)17-9-11-19(4)10-8-12-20-13-15-21(16-14-20)18(2)3/h13-16,18-19H,7-12,17H2,1-6H3. The molecule has 1 nitrogen and oxygen atoms in total. The molecule has 0 bridgehead atoms. The van der Waals surface area contributed by atoms with Gasteiger partial charge in [-0.1, -0.05) is 64.3 Å². The van der Waals surface area contributed by atoms with E-state index in [1.807, 2.05) is 0 Å². The predicted octanol–water partition coefficient (Wildman–Crippen LogP) is 6.75. The van der Waals surface area contributed by atoms with Gasteiger partial charge in [-0.05, 0) is 63.0 Å². The van der Waals surface area contributed by atoms with Crippen LogP contribution in [0.2, 0.25) is 0 Å². The Morgan fingerprint density at radius 1 is 0.957 bits per heavy atom. The van der Waals surface area contributed by atoms with Crippen molar-refractivity contribution < 1.29 is 4.74 Å². The van der Waals surface area contributed by atoms with E-state index in [0.717, 1.165) is 12.5 Å². The van der Waals surface area contributed by atoms with Crippen molar-refractivity contribution in [2.75, 3.05) is 6.61 Å². The molecule has 0 spiro atoms. The van der Waals surface area contributed by atoms with Gasteiger partial charge in [-0.2, -0.15) is 0 Å². The second-order valence-corrected chi connectivity index (χ2v) is 7.98. The van der Waals surface area contributed by atoms with Crippen molar-refractivity contribution in [3.05, 3.63) is 35.4 Å². The summed E-state index contributed by atoms with van der Waals surface area (Å²) in [5.74, 6) is 1.45. The minimum atomic E-state index is 0.0482. The minimum absolute atomic E-state index is 0.0482. The molecule has 132 valence electrons. The molecule has 0 aliphatic heterocycles. The molecule has 0 saturated heterocycles. The molecule has 1 heteroatoms. The van der Waals surface area contributed by atoms with Crippen LogP contribution >= 0.6 is 0 Å². The van der Waals surface area contributed by atoms with Gasteiger partial charge in [0.25, 0.3) is 0 Å². The summed E-state index contributed by atoms with van der Waals surface area (Å²) in [4.78, 5) is 0. The zero-order chi connectivity index (χ0) is 17.3. The largest absolute Gasteiger partial charge is 0.376 e. The molecular weight excluding hydrogens is 280 g/mol. The van der Waals surface area contributed by atoms with Crippen LogP contribution in [0.4, 0.5) is 0 Å². The Kier molecular flexibility index (Phi) is 8.91. The summed E-state index contributed by atoms with van der Waals surface area (Å²) in [5.41, 5.74) is 2.98. The molecule has 23 heavy (non-hydrogen) atoms. The van der Waals surface area contributed by atoms with E-state index in [1.54, 1.807) is 0 Å². The lowest BCUT2D eigenvalue weighted by Crippen LogP contribution is -2.24. The monoisotopic (exact) mass is 318 g/mol. The fourth-order valence-corrected chi connectivity index (χ4v) is 3.21. The SMILES string of the molecule is CCOC(C)(C)CCCC(C)CCCc1ccc(C(C)C)cc1. The molecule has 0 fully saturated rings. The van der Waals surface area contributed by atoms with Crippen LogP contribution in [0.25, 0.3) is 0 Å². The molecule has 0 amide bonds. The van der Waals surface area contributed by atoms with Crippen LogP contribution in [-0.4, -0.2) is 12.2 Å². The lowest BCUT2D eigenvalue weighted by Gasteiger charge is -2.25. The predicted molar refractivity (Wildman–Crippen MR) is 102 cm³/mol. The molecule has 0 aliphatic rings. The van der Waals surface area contributed by atoms with E-state index in [4.69, 9.17) is 4.74 Å². The van der Waals surface area contributed by atoms with E-state index in [2.05, 4.69) is 65.8 Å². The normalized spacial score (nSPS) is 13.5. The fraction of sp³-hybridized carbons (Fsp3) is 0.727. The molecule has 0 heterocycles. The van der Waals surface area contributed by atoms with Crippen LogP contribution in [0.15, 0.2) is 24.3 Å². The van der Waals surface area contributed by atoms with Crippen LogP contribution in [-0.2, 0) is 11.2 Å². The van der Waals surface area contributed by atoms with Crippen molar-refractivity contribution in [2.24, 2.45) is 5.92 Å². The van der Waals surface area contributed by atoms with Crippen LogP contribution < -0.4 is 0 Å². The quantitative estimate of drug-likeness (QED) is 0.438. The first-order chi connectivity index (χ1) is 10.8. The summed E-state index contributed by atoms with van der Waals surface area (Å²) in [7, 11) is 0. The van der Waals surface area contributed by atoms with Crippen LogP contribution in [0, 0.1) is 5.92 Å². The molecule has 1 aromatic rings. The number of rotatable bonds is 11. The van der Waals surface area contributed by atoms with Gasteiger partial charge in [-0.25, -0.2) is 0 Å². The number of ether oxygens (including phenoxy) is 1. The van der Waals surface area contributed by atoms with Gasteiger partial charge in [0.2, 0.25) is 0 Å². The highest BCUT2D eigenvalue weighted by Crippen LogP contribution is 2.22. The van der Waals surface area contributed by atoms with Crippen molar-refractivity contribution in [3.8, 4) is 0 Å². The van der Waals surface area contributed by atoms with Crippen molar-refractivity contribution >= 4 is 0 Å². The first-order valence-corrected chi connectivity index (χ1v) is 9.57. The summed E-state index contributed by atoms with van der Waals surface area (Å²) in [5, 5.41) is 0. The van der Waals surface area contributed by atoms with Gasteiger partial charge >= 0.3 is 0 Å². The van der Waals surface area contributed by atoms with Gasteiger partial charge in [0.05, 0.1) is 5.60 Å². The number of hydrogen-bond donors (Lipinski definition) is 0. The molecule has 1 atom stereocenters. The highest BCUT2D eigenvalue weighted by atomic mass is 16.5. The molecule has 0 N–H and O–H groups in total. The summed E-state index contributed by atoms with van der Waals surface area (Å²) in [6.45, 7) is 14.2. The van der Waals surface area contributed by atoms with Crippen LogP contribution in [0.1, 0.15) is 90.7 Å². The van der Waals surface area contributed by atoms with Crippen molar-refractivity contribution in [2.45, 2.75) is 91.6 Å². The van der Waals surface area contributed by atoms with Crippen molar-refractivity contribution in [1.82, 2.24) is 0 Å². The molecule has 0 aromatic heterocycles. The molecule has 1 rings (SSSR count). The lowest BCUT2D eigenvalue weighted by molar-refractivity contribution is -0.0183. The minimum Gasteiger partial charge on any atom is -0.376 e. The molecule has 1 aromatic carbocycles. The molecule has 1 unspecified atom stereocenters. The molecule has 0 saturated carbocycles. The highest BCUT2D eigenvalue weighted by Gasteiger charge is 2.17. The summed E-state index contributed by atoms with van der Waals surface area (Å²) >= 11 is 0. The Labute approximate surface area is 144 Å². The molecule has 0 aliphatic carbocycles. The average Bonchev–Trinajstić information content (AvgIpc) is 2.47. The lowest BCUT2D eigenvalue weighted by atomic mass is 9.92. The second-order valence-electron chi connectivity index (χ2n) is 7.98. The third kappa shape index (κ3) is 8.55. The number of aryl methyl sites for hydroxylation is 1. The Balaban J connectivity index is 2.20. The highest BCUT2D eigenvalue weighted by molar-refractivity contribution is 5.24. The fourth-order valence-electron chi connectivity index (χ4n) is 3.21. The van der Waals surface area contributed by atoms with Gasteiger partial charge < -0.3 is 4.74 Å². The average molecular weight is 319 g/mol. The first-order valence-electron chi connectivity index (χ1n) is 9.57. The third-order valence-electron chi connectivity index (χ3n) is 4.82. The van der Waals surface area contributed by atoms with Crippen LogP contribution in [0.5, 0.6) is 0 Å². The zero-order valence-corrected chi connectivity index (χ0v) is 16.3. The summed E-state index contributed by atoms with van der Waals surface area (Å²) in [6, 6.07) is 9.20. The van der Waals surface area contributed by atoms with E-state index >= 15 is 0 Å². The Morgan fingerprint density at radius 2 is 1.57 bits per heavy atom. The van der Waals surface area contributed by atoms with E-state index in [9.17, 15) is 0 Å². The van der Waals surface area contributed by atoms with E-state index in [0.29, 0.717) is 5.92 Å². The maximum Gasteiger partial charge on any atom is 0.0626 e. The molecular formula is C22H38O. The Bertz CT molecular complexity index is 416. The van der Waals surface area contributed by atoms with Gasteiger partial charge in [0.1, 0.15) is 0 Å². The summed E-state index contributed by atoms with van der Waals surface area (Å²) < 4.78 is 5.78. The third-order valence-corrected chi connectivity index (χ3v) is 4.82. The number of hydrogen-bond acceptors (Lipinski definition) is 1. The maximum atomic E-state index is 5.78. The first kappa shape index (κ1) is 20.2. The Morgan fingerprint density at radius 3 is 2.13 bits per heavy atom. The van der Waals surface area contributed by atoms with Crippen LogP contribution in [0.3, 0.4) is 0 Å². The van der Waals surface area contributed by atoms with Gasteiger partial charge in [-0.15, -0.1) is 0 Å². The topological polar surface area (TPSA) is 9.23 Å². The number of benzene rings is 1. The van der Waals surface area contributed by atoms with E-state index < -0.39 is 0 Å². The molecule has 0 radical (unpaired) electrons. The van der Waals surface area contributed by atoms with Gasteiger partial charge in [0, 0.05) is 6.61 Å². The second kappa shape index (κ2) is 10.1. The van der Waals surface area contributed by atoms with Gasteiger partial charge in [0.15, 0.2) is 0 Å². The van der Waals surface area contributed by atoms with Crippen molar-refractivity contribution in [1.29, 1.82) is 0 Å².